The number of aryl methyl sites for hydroxylation is 1. The lowest BCUT2D eigenvalue weighted by molar-refractivity contribution is -0.210. The van der Waals surface area contributed by atoms with Gasteiger partial charge in [-0.3, -0.25) is 14.4 Å². The highest BCUT2D eigenvalue weighted by molar-refractivity contribution is 6.34. The lowest BCUT2D eigenvalue weighted by Gasteiger charge is -2.26. The van der Waals surface area contributed by atoms with Crippen molar-refractivity contribution < 1.29 is 41.1 Å². The zero-order chi connectivity index (χ0) is 29.0. The van der Waals surface area contributed by atoms with Gasteiger partial charge in [0.15, 0.2) is 5.78 Å². The number of benzene rings is 2. The van der Waals surface area contributed by atoms with Crippen LogP contribution in [0.2, 0.25) is 5.02 Å². The van der Waals surface area contributed by atoms with E-state index in [9.17, 15) is 36.3 Å². The van der Waals surface area contributed by atoms with Crippen LogP contribution < -0.4 is 10.1 Å². The average Bonchev–Trinajstić information content (AvgIpc) is 2.83. The zero-order valence-electron chi connectivity index (χ0n) is 21.5. The Hall–Kier alpha value is -3.01. The first-order valence-electron chi connectivity index (χ1n) is 12.5. The third-order valence-electron chi connectivity index (χ3n) is 6.84. The fourth-order valence-corrected chi connectivity index (χ4v) is 4.13. The molecule has 1 aliphatic carbocycles. The Bertz CT molecular complexity index is 1220. The second-order valence-corrected chi connectivity index (χ2v) is 10.5. The average molecular weight is 574 g/mol. The van der Waals surface area contributed by atoms with E-state index < -0.39 is 42.1 Å². The van der Waals surface area contributed by atoms with Crippen molar-refractivity contribution in [1.82, 2.24) is 5.32 Å². The Morgan fingerprint density at radius 3 is 2.26 bits per heavy atom. The maximum Gasteiger partial charge on any atom is 0.400 e. The minimum Gasteiger partial charge on any atom is -0.487 e. The molecule has 0 aliphatic heterocycles. The van der Waals surface area contributed by atoms with Crippen molar-refractivity contribution in [1.29, 1.82) is 0 Å². The van der Waals surface area contributed by atoms with Crippen LogP contribution in [0, 0.1) is 5.41 Å². The standard InChI is InChI=1S/C28H29ClF5NO4/c1-27(2,28(32,33)34)24(37)11-8-16-6-9-21(29)19(12-16)22(36)14-17-7-10-23(39-15-25(30)31)20(13-17)26(38)35-18-4-3-5-18/h6-7,9-10,12-13,18,25H,3-5,8,11,14-15H2,1-2H3,(H,35,38). The van der Waals surface area contributed by atoms with Gasteiger partial charge in [0.25, 0.3) is 12.3 Å². The Morgan fingerprint density at radius 1 is 1.03 bits per heavy atom. The van der Waals surface area contributed by atoms with Crippen LogP contribution in [-0.2, 0) is 17.6 Å². The normalized spacial score (nSPS) is 14.2. The smallest absolute Gasteiger partial charge is 0.400 e. The Balaban J connectivity index is 1.76. The molecule has 5 nitrogen and oxygen atoms in total. The number of nitrogens with one attached hydrogen (secondary N) is 1. The second-order valence-electron chi connectivity index (χ2n) is 10.1. The van der Waals surface area contributed by atoms with E-state index in [1.807, 2.05) is 0 Å². The van der Waals surface area contributed by atoms with Gasteiger partial charge in [0, 0.05) is 24.4 Å². The predicted octanol–water partition coefficient (Wildman–Crippen LogP) is 6.78. The van der Waals surface area contributed by atoms with E-state index in [0.717, 1.165) is 33.1 Å². The number of carbonyl (C=O) groups is 3. The molecule has 0 heterocycles. The van der Waals surface area contributed by atoms with Gasteiger partial charge in [-0.1, -0.05) is 23.7 Å². The number of ketones is 2. The first-order chi connectivity index (χ1) is 18.2. The van der Waals surface area contributed by atoms with E-state index in [-0.39, 0.29) is 47.2 Å². The molecular formula is C28H29ClF5NO4. The van der Waals surface area contributed by atoms with Crippen LogP contribution in [0.4, 0.5) is 22.0 Å². The Labute approximate surface area is 228 Å². The third-order valence-corrected chi connectivity index (χ3v) is 7.17. The number of halogens is 6. The summed E-state index contributed by atoms with van der Waals surface area (Å²) >= 11 is 6.22. The number of rotatable bonds is 12. The topological polar surface area (TPSA) is 72.5 Å². The molecule has 1 aliphatic rings. The van der Waals surface area contributed by atoms with Crippen LogP contribution in [0.5, 0.6) is 5.75 Å². The quantitative estimate of drug-likeness (QED) is 0.224. The van der Waals surface area contributed by atoms with Gasteiger partial charge in [0.05, 0.1) is 10.6 Å². The van der Waals surface area contributed by atoms with Gasteiger partial charge in [0.1, 0.15) is 23.6 Å². The Morgan fingerprint density at radius 2 is 1.67 bits per heavy atom. The molecule has 1 N–H and O–H groups in total. The highest BCUT2D eigenvalue weighted by atomic mass is 35.5. The second kappa shape index (κ2) is 12.4. The fraction of sp³-hybridized carbons (Fsp3) is 0.464. The van der Waals surface area contributed by atoms with Crippen molar-refractivity contribution in [3.8, 4) is 5.75 Å². The van der Waals surface area contributed by atoms with Gasteiger partial charge in [-0.15, -0.1) is 0 Å². The van der Waals surface area contributed by atoms with Gasteiger partial charge >= 0.3 is 6.18 Å². The minimum absolute atomic E-state index is 0.0131. The van der Waals surface area contributed by atoms with Crippen molar-refractivity contribution in [2.24, 2.45) is 5.41 Å². The molecule has 0 radical (unpaired) electrons. The number of hydrogen-bond acceptors (Lipinski definition) is 4. The molecule has 0 atom stereocenters. The van der Waals surface area contributed by atoms with E-state index in [1.54, 1.807) is 0 Å². The predicted molar refractivity (Wildman–Crippen MR) is 136 cm³/mol. The maximum atomic E-state index is 13.2. The van der Waals surface area contributed by atoms with Crippen LogP contribution in [0.15, 0.2) is 36.4 Å². The molecule has 1 amide bonds. The molecule has 0 saturated heterocycles. The van der Waals surface area contributed by atoms with Crippen molar-refractivity contribution in [3.63, 3.8) is 0 Å². The van der Waals surface area contributed by atoms with Crippen molar-refractivity contribution in [3.05, 3.63) is 63.7 Å². The fourth-order valence-electron chi connectivity index (χ4n) is 3.91. The van der Waals surface area contributed by atoms with Crippen LogP contribution in [0.1, 0.15) is 71.4 Å². The van der Waals surface area contributed by atoms with Crippen molar-refractivity contribution in [2.75, 3.05) is 6.61 Å². The van der Waals surface area contributed by atoms with Gasteiger partial charge < -0.3 is 10.1 Å². The largest absolute Gasteiger partial charge is 0.487 e. The molecule has 0 aromatic heterocycles. The van der Waals surface area contributed by atoms with E-state index in [1.165, 1.54) is 36.4 Å². The summed E-state index contributed by atoms with van der Waals surface area (Å²) in [4.78, 5) is 38.1. The van der Waals surface area contributed by atoms with E-state index in [2.05, 4.69) is 5.32 Å². The zero-order valence-corrected chi connectivity index (χ0v) is 22.2. The molecule has 11 heteroatoms. The summed E-state index contributed by atoms with van der Waals surface area (Å²) in [7, 11) is 0. The number of ether oxygens (including phenoxy) is 1. The molecule has 212 valence electrons. The first-order valence-corrected chi connectivity index (χ1v) is 12.8. The van der Waals surface area contributed by atoms with Crippen molar-refractivity contribution in [2.45, 2.75) is 71.0 Å². The van der Waals surface area contributed by atoms with E-state index >= 15 is 0 Å². The molecule has 3 rings (SSSR count). The summed E-state index contributed by atoms with van der Waals surface area (Å²) in [6.07, 6.45) is -5.41. The molecule has 2 aromatic rings. The summed E-state index contributed by atoms with van der Waals surface area (Å²) in [5.41, 5.74) is -1.49. The van der Waals surface area contributed by atoms with Crippen LogP contribution in [0.3, 0.4) is 0 Å². The highest BCUT2D eigenvalue weighted by Crippen LogP contribution is 2.39. The summed E-state index contributed by atoms with van der Waals surface area (Å²) < 4.78 is 70.0. The summed E-state index contributed by atoms with van der Waals surface area (Å²) in [5, 5.41) is 2.94. The van der Waals surface area contributed by atoms with E-state index in [0.29, 0.717) is 11.1 Å². The summed E-state index contributed by atoms with van der Waals surface area (Å²) in [5.74, 6) is -1.94. The molecule has 0 spiro atoms. The van der Waals surface area contributed by atoms with Crippen LogP contribution >= 0.6 is 11.6 Å². The molecular weight excluding hydrogens is 545 g/mol. The highest BCUT2D eigenvalue weighted by Gasteiger charge is 2.51. The number of alkyl halides is 5. The molecule has 0 bridgehead atoms. The van der Waals surface area contributed by atoms with Crippen molar-refractivity contribution >= 4 is 29.1 Å². The molecule has 39 heavy (non-hydrogen) atoms. The SMILES string of the molecule is CC(C)(C(=O)CCc1ccc(Cl)c(C(=O)Cc2ccc(OCC(F)F)c(C(=O)NC3CCC3)c2)c1)C(F)(F)F. The van der Waals surface area contributed by atoms with Crippen LogP contribution in [-0.4, -0.2) is 42.7 Å². The molecule has 1 fully saturated rings. The molecule has 0 unspecified atom stereocenters. The minimum atomic E-state index is -4.68. The monoisotopic (exact) mass is 573 g/mol. The van der Waals surface area contributed by atoms with Gasteiger partial charge in [-0.2, -0.15) is 13.2 Å². The first kappa shape index (κ1) is 30.5. The van der Waals surface area contributed by atoms with Gasteiger partial charge in [-0.05, 0) is 74.9 Å². The molecule has 2 aromatic carbocycles. The van der Waals surface area contributed by atoms with Gasteiger partial charge in [-0.25, -0.2) is 8.78 Å². The lowest BCUT2D eigenvalue weighted by Crippen LogP contribution is -2.39. The summed E-state index contributed by atoms with van der Waals surface area (Å²) in [6.45, 7) is 0.764. The maximum absolute atomic E-state index is 13.2. The number of carbonyl (C=O) groups excluding carboxylic acids is 3. The Kier molecular flexibility index (Phi) is 9.74. The lowest BCUT2D eigenvalue weighted by atomic mass is 9.84. The van der Waals surface area contributed by atoms with Crippen LogP contribution in [0.25, 0.3) is 0 Å². The summed E-state index contributed by atoms with van der Waals surface area (Å²) in [6, 6.07) is 8.63. The van der Waals surface area contributed by atoms with E-state index in [4.69, 9.17) is 16.3 Å². The number of Topliss-reactive ketones (excluding diaryl/α,β-unsaturated/α-hetero) is 2. The van der Waals surface area contributed by atoms with Gasteiger partial charge in [0.2, 0.25) is 0 Å². The number of amides is 1. The third kappa shape index (κ3) is 7.77. The number of hydrogen-bond donors (Lipinski definition) is 1. The molecule has 1 saturated carbocycles.